The Hall–Kier alpha value is -2.25. The molecule has 24 heavy (non-hydrogen) atoms. The van der Waals surface area contributed by atoms with Crippen LogP contribution in [0.3, 0.4) is 0 Å². The number of nitrogens with zero attached hydrogens (tertiary/aromatic N) is 1. The minimum Gasteiger partial charge on any atom is -0.399 e. The Labute approximate surface area is 142 Å². The second-order valence-electron chi connectivity index (χ2n) is 5.79. The first kappa shape index (κ1) is 16.6. The molecule has 0 amide bonds. The molecule has 0 bridgehead atoms. The van der Waals surface area contributed by atoms with Crippen LogP contribution in [0.5, 0.6) is 0 Å². The van der Waals surface area contributed by atoms with Gasteiger partial charge in [-0.1, -0.05) is 17.7 Å². The maximum atomic E-state index is 12.7. The van der Waals surface area contributed by atoms with Gasteiger partial charge in [0.15, 0.2) is 0 Å². The zero-order valence-corrected chi connectivity index (χ0v) is 14.3. The molecule has 0 saturated carbocycles. The molecule has 0 spiro atoms. The summed E-state index contributed by atoms with van der Waals surface area (Å²) in [7, 11) is -3.67. The van der Waals surface area contributed by atoms with Gasteiger partial charge in [0, 0.05) is 18.8 Å². The zero-order valence-electron chi connectivity index (χ0n) is 13.5. The Morgan fingerprint density at radius 3 is 2.42 bits per heavy atom. The Morgan fingerprint density at radius 1 is 1.08 bits per heavy atom. The molecule has 1 saturated heterocycles. The van der Waals surface area contributed by atoms with Crippen LogP contribution in [0.2, 0.25) is 0 Å². The molecule has 7 heteroatoms. The predicted octanol–water partition coefficient (Wildman–Crippen LogP) is 2.21. The molecule has 0 aliphatic carbocycles. The van der Waals surface area contributed by atoms with Crippen molar-refractivity contribution in [1.29, 1.82) is 0 Å². The van der Waals surface area contributed by atoms with Crippen LogP contribution in [0.4, 0.5) is 17.1 Å². The summed E-state index contributed by atoms with van der Waals surface area (Å²) in [5.74, 6) is 0. The second-order valence-corrected chi connectivity index (χ2v) is 7.48. The van der Waals surface area contributed by atoms with Gasteiger partial charge >= 0.3 is 0 Å². The van der Waals surface area contributed by atoms with E-state index in [9.17, 15) is 8.42 Å². The summed E-state index contributed by atoms with van der Waals surface area (Å²) in [6, 6.07) is 12.0. The molecule has 1 aliphatic rings. The van der Waals surface area contributed by atoms with Crippen LogP contribution in [-0.4, -0.2) is 34.7 Å². The second kappa shape index (κ2) is 6.70. The first-order chi connectivity index (χ1) is 11.5. The van der Waals surface area contributed by atoms with Crippen molar-refractivity contribution in [3.8, 4) is 0 Å². The monoisotopic (exact) mass is 347 g/mol. The zero-order chi connectivity index (χ0) is 17.2. The highest BCUT2D eigenvalue weighted by Gasteiger charge is 2.20. The first-order valence-corrected chi connectivity index (χ1v) is 9.26. The summed E-state index contributed by atoms with van der Waals surface area (Å²) in [6.45, 7) is 4.58. The lowest BCUT2D eigenvalue weighted by atomic mass is 10.2. The van der Waals surface area contributed by atoms with E-state index < -0.39 is 10.0 Å². The quantitative estimate of drug-likeness (QED) is 0.829. The molecule has 6 nitrogen and oxygen atoms in total. The van der Waals surface area contributed by atoms with Crippen LogP contribution in [0, 0.1) is 6.92 Å². The smallest absolute Gasteiger partial charge is 0.261 e. The van der Waals surface area contributed by atoms with Gasteiger partial charge in [-0.25, -0.2) is 8.42 Å². The largest absolute Gasteiger partial charge is 0.399 e. The summed E-state index contributed by atoms with van der Waals surface area (Å²) in [4.78, 5) is 2.32. The number of nitrogen functional groups attached to an aromatic ring is 1. The number of aryl methyl sites for hydroxylation is 1. The number of morpholine rings is 1. The van der Waals surface area contributed by atoms with Gasteiger partial charge in [-0.15, -0.1) is 0 Å². The molecule has 1 fully saturated rings. The van der Waals surface area contributed by atoms with Crippen molar-refractivity contribution in [3.05, 3.63) is 48.0 Å². The molecular weight excluding hydrogens is 326 g/mol. The molecule has 2 aromatic carbocycles. The van der Waals surface area contributed by atoms with Crippen molar-refractivity contribution >= 4 is 27.1 Å². The van der Waals surface area contributed by atoms with Gasteiger partial charge in [0.1, 0.15) is 0 Å². The van der Waals surface area contributed by atoms with E-state index in [1.54, 1.807) is 36.4 Å². The molecule has 3 rings (SSSR count). The highest BCUT2D eigenvalue weighted by atomic mass is 32.2. The Kier molecular flexibility index (Phi) is 4.64. The number of ether oxygens (including phenoxy) is 1. The third kappa shape index (κ3) is 3.63. The van der Waals surface area contributed by atoms with Crippen LogP contribution >= 0.6 is 0 Å². The average Bonchev–Trinajstić information content (AvgIpc) is 2.56. The maximum absolute atomic E-state index is 12.7. The lowest BCUT2D eigenvalue weighted by Gasteiger charge is -2.30. The molecule has 0 unspecified atom stereocenters. The van der Waals surface area contributed by atoms with Crippen LogP contribution in [0.15, 0.2) is 47.4 Å². The van der Waals surface area contributed by atoms with E-state index in [1.807, 2.05) is 13.0 Å². The van der Waals surface area contributed by atoms with Crippen molar-refractivity contribution in [2.75, 3.05) is 41.7 Å². The molecule has 128 valence electrons. The Balaban J connectivity index is 1.93. The summed E-state index contributed by atoms with van der Waals surface area (Å²) >= 11 is 0. The van der Waals surface area contributed by atoms with Gasteiger partial charge < -0.3 is 15.4 Å². The molecule has 1 heterocycles. The fourth-order valence-corrected chi connectivity index (χ4v) is 3.70. The summed E-state index contributed by atoms with van der Waals surface area (Å²) in [5, 5.41) is 0. The van der Waals surface area contributed by atoms with Crippen molar-refractivity contribution in [3.63, 3.8) is 0 Å². The SMILES string of the molecule is Cc1ccc(S(=O)(=O)Nc2cc(N)ccc2N2CCOCC2)cc1. The van der Waals surface area contributed by atoms with Crippen molar-refractivity contribution in [2.24, 2.45) is 0 Å². The fraction of sp³-hybridized carbons (Fsp3) is 0.294. The van der Waals surface area contributed by atoms with Gasteiger partial charge in [-0.3, -0.25) is 4.72 Å². The van der Waals surface area contributed by atoms with E-state index in [2.05, 4.69) is 9.62 Å². The van der Waals surface area contributed by atoms with Crippen LogP contribution < -0.4 is 15.4 Å². The van der Waals surface area contributed by atoms with E-state index in [4.69, 9.17) is 10.5 Å². The summed E-state index contributed by atoms with van der Waals surface area (Å²) in [5.41, 5.74) is 8.66. The van der Waals surface area contributed by atoms with E-state index in [0.717, 1.165) is 11.3 Å². The normalized spacial score (nSPS) is 15.3. The van der Waals surface area contributed by atoms with E-state index in [-0.39, 0.29) is 4.90 Å². The highest BCUT2D eigenvalue weighted by Crippen LogP contribution is 2.31. The van der Waals surface area contributed by atoms with Crippen molar-refractivity contribution in [2.45, 2.75) is 11.8 Å². The molecule has 3 N–H and O–H groups in total. The number of sulfonamides is 1. The van der Waals surface area contributed by atoms with Crippen LogP contribution in [0.1, 0.15) is 5.56 Å². The molecule has 0 atom stereocenters. The van der Waals surface area contributed by atoms with Crippen molar-refractivity contribution < 1.29 is 13.2 Å². The number of rotatable bonds is 4. The van der Waals surface area contributed by atoms with Gasteiger partial charge in [0.05, 0.1) is 29.5 Å². The molecule has 2 aromatic rings. The lowest BCUT2D eigenvalue weighted by molar-refractivity contribution is 0.123. The third-order valence-corrected chi connectivity index (χ3v) is 5.33. The standard InChI is InChI=1S/C17H21N3O3S/c1-13-2-5-15(6-3-13)24(21,22)19-16-12-14(18)4-7-17(16)20-8-10-23-11-9-20/h2-7,12,19H,8-11,18H2,1H3. The third-order valence-electron chi connectivity index (χ3n) is 3.95. The number of benzene rings is 2. The molecule has 0 radical (unpaired) electrons. The van der Waals surface area contributed by atoms with Gasteiger partial charge in [0.25, 0.3) is 10.0 Å². The lowest BCUT2D eigenvalue weighted by Crippen LogP contribution is -2.36. The minimum absolute atomic E-state index is 0.225. The number of nitrogens with two attached hydrogens (primary N) is 1. The summed E-state index contributed by atoms with van der Waals surface area (Å²) in [6.07, 6.45) is 0. The van der Waals surface area contributed by atoms with Gasteiger partial charge in [-0.2, -0.15) is 0 Å². The average molecular weight is 347 g/mol. The topological polar surface area (TPSA) is 84.7 Å². The van der Waals surface area contributed by atoms with Crippen LogP contribution in [0.25, 0.3) is 0 Å². The first-order valence-electron chi connectivity index (χ1n) is 7.77. The van der Waals surface area contributed by atoms with E-state index in [1.165, 1.54) is 0 Å². The number of hydrogen-bond acceptors (Lipinski definition) is 5. The number of nitrogens with one attached hydrogen (secondary N) is 1. The predicted molar refractivity (Wildman–Crippen MR) is 95.9 cm³/mol. The van der Waals surface area contributed by atoms with Crippen LogP contribution in [-0.2, 0) is 14.8 Å². The van der Waals surface area contributed by atoms with E-state index >= 15 is 0 Å². The number of anilines is 3. The highest BCUT2D eigenvalue weighted by molar-refractivity contribution is 7.92. The number of hydrogen-bond donors (Lipinski definition) is 2. The Bertz CT molecular complexity index is 813. The maximum Gasteiger partial charge on any atom is 0.261 e. The van der Waals surface area contributed by atoms with Gasteiger partial charge in [-0.05, 0) is 37.3 Å². The Morgan fingerprint density at radius 2 is 1.75 bits per heavy atom. The van der Waals surface area contributed by atoms with E-state index in [0.29, 0.717) is 37.7 Å². The summed E-state index contributed by atoms with van der Waals surface area (Å²) < 4.78 is 33.4. The van der Waals surface area contributed by atoms with Gasteiger partial charge in [0.2, 0.25) is 0 Å². The fourth-order valence-electron chi connectivity index (χ4n) is 2.64. The minimum atomic E-state index is -3.67. The molecule has 1 aliphatic heterocycles. The van der Waals surface area contributed by atoms with Crippen molar-refractivity contribution in [1.82, 2.24) is 0 Å². The molecule has 0 aromatic heterocycles. The molecular formula is C17H21N3O3S.